The van der Waals surface area contributed by atoms with Crippen molar-refractivity contribution in [3.05, 3.63) is 37.3 Å². The zero-order valence-electron chi connectivity index (χ0n) is 7.51. The predicted molar refractivity (Wildman–Crippen MR) is 52.1 cm³/mol. The van der Waals surface area contributed by atoms with Gasteiger partial charge in [0.2, 0.25) is 0 Å². The number of hydrogen-bond acceptors (Lipinski definition) is 0. The van der Waals surface area contributed by atoms with Gasteiger partial charge < -0.3 is 0 Å². The fourth-order valence-electron chi connectivity index (χ4n) is 0.534. The Kier molecular flexibility index (Phi) is 7.79. The Morgan fingerprint density at radius 1 is 1.27 bits per heavy atom. The van der Waals surface area contributed by atoms with Gasteiger partial charge in [-0.3, -0.25) is 0 Å². The molecule has 11 heavy (non-hydrogen) atoms. The summed E-state index contributed by atoms with van der Waals surface area (Å²) in [5.41, 5.74) is 0. The molecule has 0 spiro atoms. The van der Waals surface area contributed by atoms with E-state index in [-0.39, 0.29) is 0 Å². The molecule has 0 fully saturated rings. The van der Waals surface area contributed by atoms with Crippen molar-refractivity contribution in [2.24, 2.45) is 0 Å². The normalized spacial score (nSPS) is 8.36. The van der Waals surface area contributed by atoms with Crippen molar-refractivity contribution in [1.82, 2.24) is 0 Å². The third-order valence-electron chi connectivity index (χ3n) is 1.29. The van der Waals surface area contributed by atoms with Crippen LogP contribution in [-0.2, 0) is 0 Å². The van der Waals surface area contributed by atoms with E-state index < -0.39 is 0 Å². The molecule has 0 bridgehead atoms. The molecule has 1 radical (unpaired) electrons. The van der Waals surface area contributed by atoms with Gasteiger partial charge in [-0.2, -0.15) is 0 Å². The van der Waals surface area contributed by atoms with Crippen LogP contribution in [0.2, 0.25) is 0 Å². The first-order valence-electron chi connectivity index (χ1n) is 4.12. The van der Waals surface area contributed by atoms with Gasteiger partial charge in [-0.25, -0.2) is 0 Å². The molecule has 55 valence electrons. The monoisotopic (exact) mass is 141 g/mol. The van der Waals surface area contributed by atoms with E-state index in [0.717, 1.165) is 6.42 Å². The van der Waals surface area contributed by atoms with Gasteiger partial charge in [0.05, 0.1) is 0 Å². The molecule has 0 nitrogen and oxygen atoms in total. The summed E-state index contributed by atoms with van der Waals surface area (Å²) in [5, 5.41) is 0. The molecular formula is C10H14Li. The number of hydrogen-bond donors (Lipinski definition) is 0. The second-order valence-corrected chi connectivity index (χ2v) is 2.51. The molecule has 1 aromatic rings. The first-order valence-corrected chi connectivity index (χ1v) is 4.12. The standard InChI is InChI=1S/C6H5.C4H9.Li/c1-2-4-6-5-3-1;1-3-4-2;/h1-5H;1,3-4H2,2H3;. The molecule has 0 aliphatic rings. The summed E-state index contributed by atoms with van der Waals surface area (Å²) in [4.78, 5) is 0. The third kappa shape index (κ3) is 7.72. The number of unbranched alkanes of at least 4 members (excludes halogenated alkanes) is 1. The molecule has 0 aliphatic carbocycles. The maximum atomic E-state index is 3.60. The Balaban J connectivity index is 0.000000218. The van der Waals surface area contributed by atoms with Crippen molar-refractivity contribution >= 4 is 22.0 Å². The van der Waals surface area contributed by atoms with E-state index in [1.807, 2.05) is 18.2 Å². The summed E-state index contributed by atoms with van der Waals surface area (Å²) >= 11 is 2.08. The van der Waals surface area contributed by atoms with Crippen LogP contribution in [0.4, 0.5) is 0 Å². The van der Waals surface area contributed by atoms with Crippen molar-refractivity contribution in [1.29, 1.82) is 0 Å². The van der Waals surface area contributed by atoms with Crippen LogP contribution in [0.3, 0.4) is 0 Å². The molecule has 0 N–H and O–H groups in total. The van der Waals surface area contributed by atoms with Gasteiger partial charge in [-0.1, -0.05) is 26.7 Å². The average molecular weight is 141 g/mol. The quantitative estimate of drug-likeness (QED) is 0.525. The van der Waals surface area contributed by atoms with E-state index in [1.165, 1.54) is 10.7 Å². The fraction of sp³-hybridized carbons (Fsp3) is 0.300. The van der Waals surface area contributed by atoms with Crippen LogP contribution in [-0.4, -0.2) is 17.7 Å². The van der Waals surface area contributed by atoms with Crippen molar-refractivity contribution in [3.63, 3.8) is 0 Å². The average Bonchev–Trinajstić information content (AvgIpc) is 2.07. The van der Waals surface area contributed by atoms with E-state index in [4.69, 9.17) is 0 Å². The Hall–Kier alpha value is -0.183. The molecule has 0 amide bonds. The molecule has 0 aromatic heterocycles. The Morgan fingerprint density at radius 3 is 1.91 bits per heavy atom. The molecule has 1 heteroatoms. The van der Waals surface area contributed by atoms with Crippen LogP contribution in [0.5, 0.6) is 0 Å². The SMILES string of the molecule is [CH2]CCC.[Li][c]1ccccc1. The predicted octanol–water partition coefficient (Wildman–Crippen LogP) is 2.10. The summed E-state index contributed by atoms with van der Waals surface area (Å²) in [7, 11) is 0. The second-order valence-electron chi connectivity index (χ2n) is 2.51. The van der Waals surface area contributed by atoms with Gasteiger partial charge in [0, 0.05) is 0 Å². The third-order valence-corrected chi connectivity index (χ3v) is 1.29. The van der Waals surface area contributed by atoms with Crippen LogP contribution in [0.25, 0.3) is 0 Å². The van der Waals surface area contributed by atoms with Crippen LogP contribution in [0.15, 0.2) is 30.3 Å². The Labute approximate surface area is 79.2 Å². The molecule has 0 heterocycles. The van der Waals surface area contributed by atoms with Gasteiger partial charge in [-0.15, -0.1) is 0 Å². The van der Waals surface area contributed by atoms with E-state index in [0.29, 0.717) is 0 Å². The molecule has 0 unspecified atom stereocenters. The Morgan fingerprint density at radius 2 is 1.73 bits per heavy atom. The molecular weight excluding hydrogens is 127 g/mol. The molecule has 0 saturated carbocycles. The summed E-state index contributed by atoms with van der Waals surface area (Å²) in [6.07, 6.45) is 2.28. The van der Waals surface area contributed by atoms with Crippen LogP contribution >= 0.6 is 0 Å². The van der Waals surface area contributed by atoms with Crippen molar-refractivity contribution < 1.29 is 0 Å². The van der Waals surface area contributed by atoms with E-state index in [1.54, 1.807) is 0 Å². The zero-order chi connectivity index (χ0) is 8.53. The van der Waals surface area contributed by atoms with E-state index >= 15 is 0 Å². The van der Waals surface area contributed by atoms with Crippen LogP contribution in [0.1, 0.15) is 19.8 Å². The van der Waals surface area contributed by atoms with Crippen LogP contribution < -0.4 is 4.24 Å². The molecule has 0 aliphatic heterocycles. The van der Waals surface area contributed by atoms with Gasteiger partial charge in [0.1, 0.15) is 0 Å². The summed E-state index contributed by atoms with van der Waals surface area (Å²) < 4.78 is 1.32. The minimum absolute atomic E-state index is 1.07. The van der Waals surface area contributed by atoms with Crippen molar-refractivity contribution in [2.45, 2.75) is 19.8 Å². The van der Waals surface area contributed by atoms with Gasteiger partial charge in [0.25, 0.3) is 0 Å². The second kappa shape index (κ2) is 7.92. The van der Waals surface area contributed by atoms with Crippen molar-refractivity contribution in [3.8, 4) is 0 Å². The summed E-state index contributed by atoms with van der Waals surface area (Å²) in [5.74, 6) is 0. The molecule has 1 rings (SSSR count). The number of rotatable bonds is 1. The maximum absolute atomic E-state index is 3.60. The molecule has 1 aromatic carbocycles. The van der Waals surface area contributed by atoms with Gasteiger partial charge in [-0.05, 0) is 0 Å². The summed E-state index contributed by atoms with van der Waals surface area (Å²) in [6, 6.07) is 10.3. The topological polar surface area (TPSA) is 0 Å². The van der Waals surface area contributed by atoms with E-state index in [9.17, 15) is 0 Å². The first kappa shape index (κ1) is 10.8. The van der Waals surface area contributed by atoms with E-state index in [2.05, 4.69) is 43.7 Å². The van der Waals surface area contributed by atoms with Gasteiger partial charge in [0.15, 0.2) is 0 Å². The van der Waals surface area contributed by atoms with Crippen LogP contribution in [0, 0.1) is 6.92 Å². The first-order chi connectivity index (χ1) is 5.31. The number of benzene rings is 1. The minimum atomic E-state index is 1.07. The van der Waals surface area contributed by atoms with Crippen molar-refractivity contribution in [2.75, 3.05) is 0 Å². The molecule has 0 atom stereocenters. The van der Waals surface area contributed by atoms with Gasteiger partial charge >= 0.3 is 52.3 Å². The summed E-state index contributed by atoms with van der Waals surface area (Å²) in [6.45, 7) is 5.72. The molecule has 0 saturated heterocycles. The fourth-order valence-corrected chi connectivity index (χ4v) is 0.534. The Bertz CT molecular complexity index is 156. The zero-order valence-corrected chi connectivity index (χ0v) is 7.51.